The van der Waals surface area contributed by atoms with Crippen LogP contribution in [0.25, 0.3) is 0 Å². The molecule has 1 aliphatic heterocycles. The number of amides is 1. The Morgan fingerprint density at radius 3 is 2.81 bits per heavy atom. The Labute approximate surface area is 122 Å². The van der Waals surface area contributed by atoms with E-state index in [9.17, 15) is 9.59 Å². The first-order valence-corrected chi connectivity index (χ1v) is 6.84. The van der Waals surface area contributed by atoms with Gasteiger partial charge < -0.3 is 10.2 Å². The number of carbonyl (C=O) groups excluding carboxylic acids is 2. The molecule has 0 fully saturated rings. The van der Waals surface area contributed by atoms with Crippen molar-refractivity contribution in [3.63, 3.8) is 0 Å². The highest BCUT2D eigenvalue weighted by Gasteiger charge is 2.23. The van der Waals surface area contributed by atoms with Gasteiger partial charge in [-0.15, -0.1) is 0 Å². The van der Waals surface area contributed by atoms with Crippen LogP contribution in [-0.2, 0) is 4.79 Å². The summed E-state index contributed by atoms with van der Waals surface area (Å²) in [6, 6.07) is 11.1. The minimum Gasteiger partial charge on any atom is -0.329 e. The molecule has 0 bridgehead atoms. The fraction of sp³-hybridized carbons (Fsp3) is 0.188. The molecule has 1 aliphatic rings. The van der Waals surface area contributed by atoms with Crippen molar-refractivity contribution < 1.29 is 9.59 Å². The summed E-state index contributed by atoms with van der Waals surface area (Å²) in [6.07, 6.45) is 2.07. The first-order valence-electron chi connectivity index (χ1n) is 6.84. The van der Waals surface area contributed by atoms with Crippen molar-refractivity contribution in [3.05, 3.63) is 48.3 Å². The molecule has 1 amide bonds. The number of benzene rings is 1. The van der Waals surface area contributed by atoms with Gasteiger partial charge in [-0.05, 0) is 24.3 Å². The molecular formula is C16H15N3O2. The first-order chi connectivity index (χ1) is 10.2. The molecule has 0 saturated carbocycles. The Bertz CT molecular complexity index is 695. The van der Waals surface area contributed by atoms with E-state index in [1.54, 1.807) is 12.3 Å². The molecule has 1 aromatic carbocycles. The number of fused-ring (bicyclic) bond motifs is 1. The monoisotopic (exact) mass is 281 g/mol. The minimum absolute atomic E-state index is 0.0123. The second kappa shape index (κ2) is 5.36. The number of carbonyl (C=O) groups is 2. The van der Waals surface area contributed by atoms with E-state index in [-0.39, 0.29) is 18.2 Å². The van der Waals surface area contributed by atoms with Gasteiger partial charge in [-0.25, -0.2) is 0 Å². The number of nitrogens with one attached hydrogen (secondary N) is 1. The highest BCUT2D eigenvalue weighted by atomic mass is 16.2. The van der Waals surface area contributed by atoms with Crippen LogP contribution in [0.5, 0.6) is 0 Å². The number of nitrogens with zero attached hydrogens (tertiary/aromatic N) is 2. The third-order valence-corrected chi connectivity index (χ3v) is 3.44. The Morgan fingerprint density at radius 2 is 2.10 bits per heavy atom. The number of pyridine rings is 1. The normalized spacial score (nSPS) is 13.6. The summed E-state index contributed by atoms with van der Waals surface area (Å²) in [6.45, 7) is 2.04. The van der Waals surface area contributed by atoms with E-state index in [4.69, 9.17) is 0 Å². The predicted octanol–water partition coefficient (Wildman–Crippen LogP) is 2.76. The van der Waals surface area contributed by atoms with Gasteiger partial charge in [0.2, 0.25) is 5.91 Å². The van der Waals surface area contributed by atoms with Crippen LogP contribution in [0.1, 0.15) is 23.8 Å². The van der Waals surface area contributed by atoms with Crippen LogP contribution in [0.4, 0.5) is 17.1 Å². The van der Waals surface area contributed by atoms with Crippen molar-refractivity contribution in [2.24, 2.45) is 0 Å². The Morgan fingerprint density at radius 1 is 1.29 bits per heavy atom. The zero-order valence-corrected chi connectivity index (χ0v) is 11.7. The van der Waals surface area contributed by atoms with E-state index in [1.165, 1.54) is 0 Å². The maximum absolute atomic E-state index is 11.8. The van der Waals surface area contributed by atoms with Gasteiger partial charge in [0.05, 0.1) is 23.3 Å². The predicted molar refractivity (Wildman–Crippen MR) is 80.9 cm³/mol. The molecule has 3 rings (SSSR count). The van der Waals surface area contributed by atoms with Crippen molar-refractivity contribution in [1.82, 2.24) is 4.98 Å². The van der Waals surface area contributed by atoms with Gasteiger partial charge in [0.15, 0.2) is 5.78 Å². The van der Waals surface area contributed by atoms with E-state index in [0.717, 1.165) is 17.1 Å². The van der Waals surface area contributed by atoms with Gasteiger partial charge in [-0.1, -0.05) is 19.1 Å². The van der Waals surface area contributed by atoms with Crippen molar-refractivity contribution in [2.45, 2.75) is 13.3 Å². The molecule has 2 heterocycles. The number of rotatable bonds is 3. The zero-order valence-electron chi connectivity index (χ0n) is 11.7. The summed E-state index contributed by atoms with van der Waals surface area (Å²) >= 11 is 0. The fourth-order valence-corrected chi connectivity index (χ4v) is 2.36. The Kier molecular flexibility index (Phi) is 3.39. The molecule has 0 saturated heterocycles. The van der Waals surface area contributed by atoms with Crippen LogP contribution in [0.2, 0.25) is 0 Å². The van der Waals surface area contributed by atoms with Crippen LogP contribution in [0.15, 0.2) is 42.6 Å². The van der Waals surface area contributed by atoms with E-state index >= 15 is 0 Å². The van der Waals surface area contributed by atoms with E-state index < -0.39 is 0 Å². The first kappa shape index (κ1) is 13.3. The van der Waals surface area contributed by atoms with Crippen LogP contribution >= 0.6 is 0 Å². The van der Waals surface area contributed by atoms with E-state index in [0.29, 0.717) is 12.1 Å². The molecule has 0 atom stereocenters. The Balaban J connectivity index is 1.97. The smallest absolute Gasteiger partial charge is 0.244 e. The average Bonchev–Trinajstić information content (AvgIpc) is 2.53. The number of hydrogen-bond acceptors (Lipinski definition) is 4. The highest BCUT2D eigenvalue weighted by molar-refractivity contribution is 6.03. The van der Waals surface area contributed by atoms with Crippen LogP contribution in [0, 0.1) is 0 Å². The van der Waals surface area contributed by atoms with Crippen molar-refractivity contribution in [2.75, 3.05) is 16.8 Å². The highest BCUT2D eigenvalue weighted by Crippen LogP contribution is 2.34. The number of aromatic nitrogens is 1. The standard InChI is InChI=1S/C16H15N3O2/c1-2-15(20)13-8-7-11(9-17-13)19-10-16(21)18-12-5-3-4-6-14(12)19/h3-9H,2,10H2,1H3,(H,18,21). The summed E-state index contributed by atoms with van der Waals surface area (Å²) in [5.41, 5.74) is 2.96. The molecule has 21 heavy (non-hydrogen) atoms. The van der Waals surface area contributed by atoms with Gasteiger partial charge in [-0.2, -0.15) is 0 Å². The Hall–Kier alpha value is -2.69. The van der Waals surface area contributed by atoms with E-state index in [1.807, 2.05) is 42.2 Å². The molecule has 1 aromatic heterocycles. The van der Waals surface area contributed by atoms with Crippen LogP contribution < -0.4 is 10.2 Å². The number of ketones is 1. The minimum atomic E-state index is -0.0672. The van der Waals surface area contributed by atoms with Gasteiger partial charge in [-0.3, -0.25) is 14.6 Å². The number of anilines is 3. The number of para-hydroxylation sites is 2. The van der Waals surface area contributed by atoms with Gasteiger partial charge in [0, 0.05) is 6.42 Å². The lowest BCUT2D eigenvalue weighted by Gasteiger charge is -2.30. The van der Waals surface area contributed by atoms with Gasteiger partial charge in [0.1, 0.15) is 12.2 Å². The summed E-state index contributed by atoms with van der Waals surface area (Å²) in [7, 11) is 0. The molecule has 5 nitrogen and oxygen atoms in total. The molecule has 0 spiro atoms. The summed E-state index contributed by atoms with van der Waals surface area (Å²) in [5, 5.41) is 2.84. The van der Waals surface area contributed by atoms with Gasteiger partial charge >= 0.3 is 0 Å². The lowest BCUT2D eigenvalue weighted by atomic mass is 10.1. The molecule has 5 heteroatoms. The summed E-state index contributed by atoms with van der Waals surface area (Å²) < 4.78 is 0. The molecule has 0 radical (unpaired) electrons. The SMILES string of the molecule is CCC(=O)c1ccc(N2CC(=O)Nc3ccccc32)cn1. The van der Waals surface area contributed by atoms with Crippen LogP contribution in [0.3, 0.4) is 0 Å². The number of Topliss-reactive ketones (excluding diaryl/α,β-unsaturated/α-hetero) is 1. The summed E-state index contributed by atoms with van der Waals surface area (Å²) in [5.74, 6) is -0.0549. The lowest BCUT2D eigenvalue weighted by molar-refractivity contribution is -0.115. The topological polar surface area (TPSA) is 62.3 Å². The average molecular weight is 281 g/mol. The third kappa shape index (κ3) is 2.50. The maximum atomic E-state index is 11.8. The van der Waals surface area contributed by atoms with Crippen LogP contribution in [-0.4, -0.2) is 23.2 Å². The van der Waals surface area contributed by atoms with E-state index in [2.05, 4.69) is 10.3 Å². The van der Waals surface area contributed by atoms with Crippen molar-refractivity contribution in [3.8, 4) is 0 Å². The summed E-state index contributed by atoms with van der Waals surface area (Å²) in [4.78, 5) is 29.5. The molecule has 0 aliphatic carbocycles. The number of hydrogen-bond donors (Lipinski definition) is 1. The van der Waals surface area contributed by atoms with Gasteiger partial charge in [0.25, 0.3) is 0 Å². The largest absolute Gasteiger partial charge is 0.329 e. The zero-order chi connectivity index (χ0) is 14.8. The lowest BCUT2D eigenvalue weighted by Crippen LogP contribution is -2.35. The second-order valence-electron chi connectivity index (χ2n) is 4.83. The fourth-order valence-electron chi connectivity index (χ4n) is 2.36. The third-order valence-electron chi connectivity index (χ3n) is 3.44. The molecule has 106 valence electrons. The van der Waals surface area contributed by atoms with Crippen molar-refractivity contribution in [1.29, 1.82) is 0 Å². The molecular weight excluding hydrogens is 266 g/mol. The molecule has 1 N–H and O–H groups in total. The molecule has 0 unspecified atom stereocenters. The second-order valence-corrected chi connectivity index (χ2v) is 4.83. The van der Waals surface area contributed by atoms with Crippen molar-refractivity contribution >= 4 is 28.8 Å². The maximum Gasteiger partial charge on any atom is 0.244 e. The quantitative estimate of drug-likeness (QED) is 0.879. The molecule has 2 aromatic rings.